The van der Waals surface area contributed by atoms with Crippen LogP contribution in [-0.2, 0) is 10.1 Å². The molecule has 180 valence electrons. The van der Waals surface area contributed by atoms with Gasteiger partial charge in [0, 0.05) is 0 Å². The maximum absolute atomic E-state index is 10.6. The van der Waals surface area contributed by atoms with E-state index in [1.54, 1.807) is 18.2 Å². The lowest BCUT2D eigenvalue weighted by molar-refractivity contribution is 0.483. The minimum atomic E-state index is -4.06. The van der Waals surface area contributed by atoms with Gasteiger partial charge in [-0.05, 0) is 30.7 Å². The summed E-state index contributed by atoms with van der Waals surface area (Å²) < 4.78 is 29.7. The summed E-state index contributed by atoms with van der Waals surface area (Å²) in [6, 6.07) is 5.78. The first-order valence-corrected chi connectivity index (χ1v) is 13.8. The fraction of sp³-hybridized carbons (Fsp3) is 0.692. The van der Waals surface area contributed by atoms with Crippen LogP contribution in [-0.4, -0.2) is 19.5 Å². The molecule has 0 aliphatic rings. The molecule has 0 unspecified atom stereocenters. The Bertz CT molecular complexity index is 611. The first-order valence-electron chi connectivity index (χ1n) is 12.4. The van der Waals surface area contributed by atoms with Gasteiger partial charge in [0.2, 0.25) is 0 Å². The second-order valence-electron chi connectivity index (χ2n) is 8.34. The van der Waals surface area contributed by atoms with Crippen LogP contribution in [0.3, 0.4) is 0 Å². The summed E-state index contributed by atoms with van der Waals surface area (Å²) in [5, 5.41) is 0. The molecule has 1 aromatic rings. The van der Waals surface area contributed by atoms with E-state index in [1.165, 1.54) is 115 Å². The van der Waals surface area contributed by atoms with Gasteiger partial charge in [0.15, 0.2) is 0 Å². The predicted octanol–water partition coefficient (Wildman–Crippen LogP) is 7.78. The van der Waals surface area contributed by atoms with Crippen LogP contribution in [0.15, 0.2) is 35.7 Å². The van der Waals surface area contributed by atoms with Crippen LogP contribution in [0.1, 0.15) is 115 Å². The summed E-state index contributed by atoms with van der Waals surface area (Å²) in [5.41, 5.74) is 6.29. The van der Waals surface area contributed by atoms with E-state index in [-0.39, 0.29) is 4.90 Å². The summed E-state index contributed by atoms with van der Waals surface area (Å²) >= 11 is 0. The third-order valence-corrected chi connectivity index (χ3v) is 6.34. The Balaban J connectivity index is 0.000000639. The van der Waals surface area contributed by atoms with E-state index in [0.29, 0.717) is 0 Å². The second-order valence-corrected chi connectivity index (χ2v) is 9.76. The Morgan fingerprint density at radius 2 is 1.10 bits per heavy atom. The largest absolute Gasteiger partial charge is 0.330 e. The molecule has 0 atom stereocenters. The molecule has 0 amide bonds. The predicted molar refractivity (Wildman–Crippen MR) is 135 cm³/mol. The Kier molecular flexibility index (Phi) is 19.9. The van der Waals surface area contributed by atoms with E-state index in [2.05, 4.69) is 13.5 Å². The molecule has 3 N–H and O–H groups in total. The molecule has 1 aromatic carbocycles. The van der Waals surface area contributed by atoms with Crippen molar-refractivity contribution in [3.63, 3.8) is 0 Å². The monoisotopic (exact) mass is 453 g/mol. The maximum atomic E-state index is 10.6. The molecular formula is C26H47NO3S. The smallest absolute Gasteiger partial charge is 0.294 e. The van der Waals surface area contributed by atoms with E-state index < -0.39 is 10.1 Å². The molecular weight excluding hydrogens is 406 g/mol. The molecule has 0 aliphatic carbocycles. The molecule has 5 heteroatoms. The lowest BCUT2D eigenvalue weighted by atomic mass is 10.0. The normalized spacial score (nSPS) is 11.1. The molecule has 0 spiro atoms. The fourth-order valence-electron chi connectivity index (χ4n) is 3.47. The van der Waals surface area contributed by atoms with Crippen molar-refractivity contribution in [2.24, 2.45) is 5.73 Å². The number of hydrogen-bond acceptors (Lipinski definition) is 3. The lowest BCUT2D eigenvalue weighted by Crippen LogP contribution is -1.97. The fourth-order valence-corrected chi connectivity index (χ4v) is 3.95. The Hall–Kier alpha value is -1.17. The molecule has 0 bridgehead atoms. The van der Waals surface area contributed by atoms with Crippen LogP contribution >= 0.6 is 0 Å². The standard InChI is InChI=1S/C18H39N.C8H8O3S/c1-2-3-4-5-6-7-8-9-10-11-12-13-14-15-16-17-18-19;1-2-7-3-5-8(6-4-7)12(9,10)11/h2-19H2,1H3;2-6H,1H2,(H,9,10,11). The molecule has 0 heterocycles. The summed E-state index contributed by atoms with van der Waals surface area (Å²) in [7, 11) is -4.06. The van der Waals surface area contributed by atoms with Gasteiger partial charge in [0.1, 0.15) is 0 Å². The Labute approximate surface area is 192 Å². The zero-order chi connectivity index (χ0) is 23.2. The first kappa shape index (κ1) is 29.8. The molecule has 0 radical (unpaired) electrons. The van der Waals surface area contributed by atoms with Crippen LogP contribution in [0, 0.1) is 0 Å². The molecule has 1 rings (SSSR count). The number of rotatable bonds is 18. The molecule has 0 saturated carbocycles. The molecule has 31 heavy (non-hydrogen) atoms. The summed E-state index contributed by atoms with van der Waals surface area (Å²) in [6.45, 7) is 6.67. The Morgan fingerprint density at radius 1 is 0.742 bits per heavy atom. The highest BCUT2D eigenvalue weighted by Crippen LogP contribution is 2.13. The van der Waals surface area contributed by atoms with Crippen molar-refractivity contribution >= 4 is 16.2 Å². The van der Waals surface area contributed by atoms with E-state index in [0.717, 1.165) is 12.1 Å². The van der Waals surface area contributed by atoms with Gasteiger partial charge in [-0.2, -0.15) is 8.42 Å². The van der Waals surface area contributed by atoms with E-state index in [4.69, 9.17) is 10.3 Å². The van der Waals surface area contributed by atoms with Gasteiger partial charge in [-0.25, -0.2) is 0 Å². The number of nitrogens with two attached hydrogens (primary N) is 1. The van der Waals surface area contributed by atoms with Crippen molar-refractivity contribution in [3.8, 4) is 0 Å². The van der Waals surface area contributed by atoms with Gasteiger partial charge >= 0.3 is 0 Å². The third kappa shape index (κ3) is 19.3. The lowest BCUT2D eigenvalue weighted by Gasteiger charge is -2.03. The summed E-state index contributed by atoms with van der Waals surface area (Å²) in [6.07, 6.45) is 24.4. The van der Waals surface area contributed by atoms with E-state index in [9.17, 15) is 8.42 Å². The number of benzene rings is 1. The van der Waals surface area contributed by atoms with Gasteiger partial charge in [0.25, 0.3) is 10.1 Å². The summed E-state index contributed by atoms with van der Waals surface area (Å²) in [5.74, 6) is 0. The number of hydrogen-bond donors (Lipinski definition) is 2. The summed E-state index contributed by atoms with van der Waals surface area (Å²) in [4.78, 5) is -0.104. The minimum Gasteiger partial charge on any atom is -0.330 e. The molecule has 0 saturated heterocycles. The zero-order valence-corrected chi connectivity index (χ0v) is 20.7. The first-order chi connectivity index (χ1) is 15.0. The molecule has 4 nitrogen and oxygen atoms in total. The van der Waals surface area contributed by atoms with Gasteiger partial charge < -0.3 is 5.73 Å². The van der Waals surface area contributed by atoms with Crippen molar-refractivity contribution in [2.45, 2.75) is 115 Å². The highest BCUT2D eigenvalue weighted by Gasteiger charge is 2.07. The van der Waals surface area contributed by atoms with Crippen LogP contribution in [0.5, 0.6) is 0 Å². The highest BCUT2D eigenvalue weighted by molar-refractivity contribution is 7.85. The third-order valence-electron chi connectivity index (χ3n) is 5.47. The van der Waals surface area contributed by atoms with Gasteiger partial charge in [-0.3, -0.25) is 4.55 Å². The average molecular weight is 454 g/mol. The van der Waals surface area contributed by atoms with Gasteiger partial charge in [-0.15, -0.1) is 0 Å². The molecule has 0 fully saturated rings. The van der Waals surface area contributed by atoms with Crippen LogP contribution < -0.4 is 5.73 Å². The minimum absolute atomic E-state index is 0.104. The Morgan fingerprint density at radius 3 is 1.39 bits per heavy atom. The number of unbranched alkanes of at least 4 members (excludes halogenated alkanes) is 15. The van der Waals surface area contributed by atoms with E-state index >= 15 is 0 Å². The van der Waals surface area contributed by atoms with Crippen molar-refractivity contribution < 1.29 is 13.0 Å². The quantitative estimate of drug-likeness (QED) is 0.176. The van der Waals surface area contributed by atoms with Crippen LogP contribution in [0.4, 0.5) is 0 Å². The highest BCUT2D eigenvalue weighted by atomic mass is 32.2. The van der Waals surface area contributed by atoms with Crippen molar-refractivity contribution in [1.82, 2.24) is 0 Å². The van der Waals surface area contributed by atoms with Crippen molar-refractivity contribution in [2.75, 3.05) is 6.54 Å². The maximum Gasteiger partial charge on any atom is 0.294 e. The topological polar surface area (TPSA) is 80.4 Å². The second kappa shape index (κ2) is 20.7. The van der Waals surface area contributed by atoms with Crippen LogP contribution in [0.25, 0.3) is 6.08 Å². The van der Waals surface area contributed by atoms with E-state index in [1.807, 2.05) is 0 Å². The molecule has 0 aliphatic heterocycles. The van der Waals surface area contributed by atoms with Crippen molar-refractivity contribution in [3.05, 3.63) is 36.4 Å². The van der Waals surface area contributed by atoms with Crippen LogP contribution in [0.2, 0.25) is 0 Å². The van der Waals surface area contributed by atoms with Crippen molar-refractivity contribution in [1.29, 1.82) is 0 Å². The van der Waals surface area contributed by atoms with Gasteiger partial charge in [0.05, 0.1) is 4.90 Å². The zero-order valence-electron chi connectivity index (χ0n) is 19.9. The molecule has 0 aromatic heterocycles. The average Bonchev–Trinajstić information content (AvgIpc) is 2.76. The SMILES string of the molecule is C=Cc1ccc(S(=O)(=O)O)cc1.CCCCCCCCCCCCCCCCCCN. The van der Waals surface area contributed by atoms with Gasteiger partial charge in [-0.1, -0.05) is 128 Å².